The summed E-state index contributed by atoms with van der Waals surface area (Å²) in [5, 5.41) is 2.79. The molecule has 2 aliphatic rings. The van der Waals surface area contributed by atoms with Gasteiger partial charge in [-0.2, -0.15) is 0 Å². The monoisotopic (exact) mass is 437 g/mol. The van der Waals surface area contributed by atoms with Crippen LogP contribution in [0.2, 0.25) is 0 Å². The van der Waals surface area contributed by atoms with Gasteiger partial charge in [0.15, 0.2) is 11.6 Å². The first kappa shape index (κ1) is 21.7. The van der Waals surface area contributed by atoms with E-state index in [1.165, 1.54) is 25.1 Å². The van der Waals surface area contributed by atoms with Crippen LogP contribution in [0.1, 0.15) is 30.9 Å². The van der Waals surface area contributed by atoms with Crippen molar-refractivity contribution >= 4 is 23.5 Å². The van der Waals surface area contributed by atoms with Crippen LogP contribution in [-0.2, 0) is 32.0 Å². The number of esters is 2. The summed E-state index contributed by atoms with van der Waals surface area (Å²) in [6.07, 6.45) is 2.03. The number of benzene rings is 2. The number of halogens is 1. The maximum Gasteiger partial charge on any atom is 0.313 e. The van der Waals surface area contributed by atoms with E-state index < -0.39 is 17.2 Å². The van der Waals surface area contributed by atoms with Gasteiger partial charge in [0.2, 0.25) is 5.91 Å². The fourth-order valence-electron chi connectivity index (χ4n) is 4.62. The minimum atomic E-state index is -0.701. The molecule has 0 bridgehead atoms. The van der Waals surface area contributed by atoms with Gasteiger partial charge in [-0.25, -0.2) is 4.39 Å². The maximum atomic E-state index is 14.0. The van der Waals surface area contributed by atoms with E-state index in [0.29, 0.717) is 30.7 Å². The lowest BCUT2D eigenvalue weighted by Gasteiger charge is -2.24. The highest BCUT2D eigenvalue weighted by atomic mass is 19.1. The van der Waals surface area contributed by atoms with E-state index in [-0.39, 0.29) is 30.0 Å². The van der Waals surface area contributed by atoms with Crippen molar-refractivity contribution in [2.24, 2.45) is 11.3 Å². The van der Waals surface area contributed by atoms with Gasteiger partial charge in [-0.05, 0) is 54.7 Å². The summed E-state index contributed by atoms with van der Waals surface area (Å²) in [4.78, 5) is 35.8. The van der Waals surface area contributed by atoms with E-state index in [2.05, 4.69) is 11.9 Å². The minimum Gasteiger partial charge on any atom is -0.465 e. The second kappa shape index (κ2) is 8.57. The molecule has 1 saturated carbocycles. The first-order valence-corrected chi connectivity index (χ1v) is 10.4. The largest absolute Gasteiger partial charge is 0.465 e. The normalized spacial score (nSPS) is 21.8. The predicted octanol–water partition coefficient (Wildman–Crippen LogP) is 3.98. The van der Waals surface area contributed by atoms with Crippen LogP contribution in [0.5, 0.6) is 5.75 Å². The van der Waals surface area contributed by atoms with Crippen LogP contribution in [0, 0.1) is 17.2 Å². The van der Waals surface area contributed by atoms with Crippen molar-refractivity contribution in [1.82, 2.24) is 0 Å². The van der Waals surface area contributed by atoms with Crippen molar-refractivity contribution < 1.29 is 28.2 Å². The highest BCUT2D eigenvalue weighted by molar-refractivity contribution is 5.92. The Morgan fingerprint density at radius 3 is 2.62 bits per heavy atom. The minimum absolute atomic E-state index is 0.0300. The van der Waals surface area contributed by atoms with Crippen LogP contribution in [-0.4, -0.2) is 24.5 Å². The van der Waals surface area contributed by atoms with Crippen LogP contribution in [0.3, 0.4) is 0 Å². The molecule has 2 unspecified atom stereocenters. The molecule has 0 spiro atoms. The zero-order valence-electron chi connectivity index (χ0n) is 17.8. The molecule has 0 radical (unpaired) electrons. The Bertz CT molecular complexity index is 1090. The van der Waals surface area contributed by atoms with Crippen LogP contribution in [0.4, 0.5) is 10.1 Å². The number of nitrogens with one attached hydrogen (secondary N) is 1. The highest BCUT2D eigenvalue weighted by Crippen LogP contribution is 2.52. The predicted molar refractivity (Wildman–Crippen MR) is 115 cm³/mol. The van der Waals surface area contributed by atoms with Crippen molar-refractivity contribution in [3.63, 3.8) is 0 Å². The Labute approximate surface area is 185 Å². The standard InChI is InChI=1S/C25H24FNO5/c1-15-9-19-14-31-24(30)25(19,12-15)13-17-3-6-20(7-4-17)27-23(29)11-18-5-8-22(21(26)10-18)32-16(2)28/h3-8,10,19H,1,9,11-14H2,2H3,(H,27,29). The Morgan fingerprint density at radius 1 is 1.22 bits per heavy atom. The number of fused-ring (bicyclic) bond motifs is 1. The number of cyclic esters (lactones) is 1. The van der Waals surface area contributed by atoms with Gasteiger partial charge in [0.05, 0.1) is 18.4 Å². The van der Waals surface area contributed by atoms with Gasteiger partial charge in [0.25, 0.3) is 0 Å². The summed E-state index contributed by atoms with van der Waals surface area (Å²) >= 11 is 0. The second-order valence-electron chi connectivity index (χ2n) is 8.54. The zero-order chi connectivity index (χ0) is 22.9. The molecule has 1 aliphatic heterocycles. The molecule has 32 heavy (non-hydrogen) atoms. The number of anilines is 1. The Kier molecular flexibility index (Phi) is 5.82. The highest BCUT2D eigenvalue weighted by Gasteiger charge is 2.55. The van der Waals surface area contributed by atoms with E-state index in [1.54, 1.807) is 12.1 Å². The molecule has 4 rings (SSSR count). The summed E-state index contributed by atoms with van der Waals surface area (Å²) < 4.78 is 24.1. The fraction of sp³-hybridized carbons (Fsp3) is 0.320. The molecule has 7 heteroatoms. The van der Waals surface area contributed by atoms with Crippen LogP contribution >= 0.6 is 0 Å². The number of ether oxygens (including phenoxy) is 2. The van der Waals surface area contributed by atoms with Crippen molar-refractivity contribution in [2.45, 2.75) is 32.6 Å². The number of rotatable bonds is 6. The zero-order valence-corrected chi connectivity index (χ0v) is 17.8. The van der Waals surface area contributed by atoms with Gasteiger partial charge < -0.3 is 14.8 Å². The first-order valence-electron chi connectivity index (χ1n) is 10.4. The van der Waals surface area contributed by atoms with Gasteiger partial charge in [-0.15, -0.1) is 0 Å². The van der Waals surface area contributed by atoms with Gasteiger partial charge in [-0.3, -0.25) is 14.4 Å². The molecule has 6 nitrogen and oxygen atoms in total. The molecule has 2 fully saturated rings. The topological polar surface area (TPSA) is 81.7 Å². The summed E-state index contributed by atoms with van der Waals surface area (Å²) in [6, 6.07) is 11.4. The average Bonchev–Trinajstić information content (AvgIpc) is 3.19. The number of carbonyl (C=O) groups excluding carboxylic acids is 3. The summed E-state index contributed by atoms with van der Waals surface area (Å²) in [7, 11) is 0. The molecular formula is C25H24FNO5. The molecule has 1 saturated heterocycles. The number of hydrogen-bond acceptors (Lipinski definition) is 5. The molecule has 2 aromatic carbocycles. The van der Waals surface area contributed by atoms with E-state index in [0.717, 1.165) is 17.6 Å². The molecule has 1 aliphatic carbocycles. The van der Waals surface area contributed by atoms with Gasteiger partial charge >= 0.3 is 11.9 Å². The second-order valence-corrected chi connectivity index (χ2v) is 8.54. The van der Waals surface area contributed by atoms with Crippen LogP contribution in [0.25, 0.3) is 0 Å². The third-order valence-corrected chi connectivity index (χ3v) is 6.08. The van der Waals surface area contributed by atoms with Crippen molar-refractivity contribution in [3.8, 4) is 5.75 Å². The van der Waals surface area contributed by atoms with Crippen molar-refractivity contribution in [2.75, 3.05) is 11.9 Å². The fourth-order valence-corrected chi connectivity index (χ4v) is 4.62. The van der Waals surface area contributed by atoms with E-state index in [9.17, 15) is 18.8 Å². The Morgan fingerprint density at radius 2 is 1.94 bits per heavy atom. The van der Waals surface area contributed by atoms with Crippen molar-refractivity contribution in [3.05, 3.63) is 71.6 Å². The van der Waals surface area contributed by atoms with Crippen LogP contribution < -0.4 is 10.1 Å². The lowest BCUT2D eigenvalue weighted by molar-refractivity contribution is -0.146. The SMILES string of the molecule is C=C1CC2COC(=O)C2(Cc2ccc(NC(=O)Cc3ccc(OC(C)=O)c(F)c3)cc2)C1. The molecule has 1 N–H and O–H groups in total. The number of hydrogen-bond donors (Lipinski definition) is 1. The van der Waals surface area contributed by atoms with E-state index >= 15 is 0 Å². The third-order valence-electron chi connectivity index (χ3n) is 6.08. The molecule has 1 amide bonds. The lowest BCUT2D eigenvalue weighted by Crippen LogP contribution is -2.31. The lowest BCUT2D eigenvalue weighted by atomic mass is 9.75. The summed E-state index contributed by atoms with van der Waals surface area (Å²) in [6.45, 7) is 5.70. The van der Waals surface area contributed by atoms with Gasteiger partial charge in [0.1, 0.15) is 0 Å². The maximum absolute atomic E-state index is 14.0. The van der Waals surface area contributed by atoms with Gasteiger partial charge in [0, 0.05) is 18.5 Å². The molecule has 166 valence electrons. The molecule has 2 atom stereocenters. The van der Waals surface area contributed by atoms with E-state index in [4.69, 9.17) is 9.47 Å². The van der Waals surface area contributed by atoms with Crippen molar-refractivity contribution in [1.29, 1.82) is 0 Å². The van der Waals surface area contributed by atoms with E-state index in [1.807, 2.05) is 12.1 Å². The molecule has 0 aromatic heterocycles. The van der Waals surface area contributed by atoms with Crippen LogP contribution in [0.15, 0.2) is 54.6 Å². The number of carbonyl (C=O) groups is 3. The quantitative estimate of drug-likeness (QED) is 0.420. The number of amides is 1. The molecule has 2 aromatic rings. The Balaban J connectivity index is 1.37. The summed E-state index contributed by atoms with van der Waals surface area (Å²) in [5.41, 5.74) is 2.62. The summed E-state index contributed by atoms with van der Waals surface area (Å²) in [5.74, 6) is -1.76. The average molecular weight is 437 g/mol. The smallest absolute Gasteiger partial charge is 0.313 e. The first-order chi connectivity index (χ1) is 15.2. The third kappa shape index (κ3) is 4.42. The Hall–Kier alpha value is -3.48. The van der Waals surface area contributed by atoms with Gasteiger partial charge in [-0.1, -0.05) is 30.4 Å². The molecular weight excluding hydrogens is 413 g/mol. The number of allylic oxidation sites excluding steroid dienone is 1. The molecule has 1 heterocycles.